The third-order valence-electron chi connectivity index (χ3n) is 2.45. The van der Waals surface area contributed by atoms with Crippen LogP contribution < -0.4 is 5.73 Å². The van der Waals surface area contributed by atoms with Crippen LogP contribution in [-0.4, -0.2) is 15.0 Å². The Bertz CT molecular complexity index is 526. The van der Waals surface area contributed by atoms with Crippen molar-refractivity contribution in [3.8, 4) is 0 Å². The number of aryl methyl sites for hydroxylation is 1. The van der Waals surface area contributed by atoms with Crippen molar-refractivity contribution >= 4 is 11.6 Å². The summed E-state index contributed by atoms with van der Waals surface area (Å²) in [5.74, 6) is -0.459. The lowest BCUT2D eigenvalue weighted by atomic mass is 10.0. The Kier molecular flexibility index (Phi) is 3.40. The van der Waals surface area contributed by atoms with Crippen LogP contribution in [0.2, 0.25) is 5.02 Å². The number of rotatable bonds is 3. The van der Waals surface area contributed by atoms with Crippen LogP contribution in [-0.2, 0) is 13.5 Å². The van der Waals surface area contributed by atoms with Gasteiger partial charge in [0.05, 0.1) is 10.7 Å². The molecule has 4 nitrogen and oxygen atoms in total. The summed E-state index contributed by atoms with van der Waals surface area (Å²) in [6.45, 7) is 0. The second kappa shape index (κ2) is 4.81. The first-order valence-corrected chi connectivity index (χ1v) is 5.50. The zero-order valence-corrected chi connectivity index (χ0v) is 10.0. The largest absolute Gasteiger partial charge is 0.324 e. The van der Waals surface area contributed by atoms with E-state index >= 15 is 0 Å². The fraction of sp³-hybridized carbons (Fsp3) is 0.273. The van der Waals surface area contributed by atoms with Gasteiger partial charge in [0.15, 0.2) is 0 Å². The first kappa shape index (κ1) is 12.0. The molecule has 0 bridgehead atoms. The van der Waals surface area contributed by atoms with Gasteiger partial charge >= 0.3 is 0 Å². The van der Waals surface area contributed by atoms with Crippen LogP contribution in [0.25, 0.3) is 0 Å². The molecule has 0 amide bonds. The van der Waals surface area contributed by atoms with Gasteiger partial charge in [-0.25, -0.2) is 4.39 Å². The van der Waals surface area contributed by atoms with Crippen LogP contribution in [0.1, 0.15) is 17.3 Å². The quantitative estimate of drug-likeness (QED) is 0.910. The zero-order chi connectivity index (χ0) is 12.4. The van der Waals surface area contributed by atoms with Gasteiger partial charge in [0.2, 0.25) is 0 Å². The third-order valence-corrected chi connectivity index (χ3v) is 2.76. The van der Waals surface area contributed by atoms with E-state index in [1.165, 1.54) is 12.1 Å². The molecule has 1 aromatic heterocycles. The average Bonchev–Trinajstić information content (AvgIpc) is 2.68. The van der Waals surface area contributed by atoms with Crippen LogP contribution in [0.3, 0.4) is 0 Å². The third kappa shape index (κ3) is 2.81. The second-order valence-electron chi connectivity index (χ2n) is 3.87. The van der Waals surface area contributed by atoms with E-state index < -0.39 is 5.82 Å². The Balaban J connectivity index is 2.14. The standard InChI is InChI=1S/C11H12ClFN4/c1-17-6-8(15-16-17)5-11(14)7-2-3-9(12)10(13)4-7/h2-4,6,11H,5,14H2,1H3. The van der Waals surface area contributed by atoms with Crippen molar-refractivity contribution in [3.63, 3.8) is 0 Å². The fourth-order valence-corrected chi connectivity index (χ4v) is 1.69. The van der Waals surface area contributed by atoms with E-state index in [2.05, 4.69) is 10.3 Å². The van der Waals surface area contributed by atoms with Gasteiger partial charge in [-0.15, -0.1) is 5.10 Å². The van der Waals surface area contributed by atoms with Crippen molar-refractivity contribution in [1.29, 1.82) is 0 Å². The predicted octanol–water partition coefficient (Wildman–Crippen LogP) is 1.85. The lowest BCUT2D eigenvalue weighted by Crippen LogP contribution is -2.13. The monoisotopic (exact) mass is 254 g/mol. The molecule has 0 spiro atoms. The molecule has 0 aliphatic rings. The van der Waals surface area contributed by atoms with Gasteiger partial charge < -0.3 is 5.73 Å². The van der Waals surface area contributed by atoms with Gasteiger partial charge in [-0.3, -0.25) is 4.68 Å². The molecule has 0 saturated carbocycles. The van der Waals surface area contributed by atoms with E-state index in [1.54, 1.807) is 24.0 Å². The van der Waals surface area contributed by atoms with Crippen molar-refractivity contribution in [2.24, 2.45) is 12.8 Å². The Morgan fingerprint density at radius 1 is 1.53 bits per heavy atom. The van der Waals surface area contributed by atoms with Gasteiger partial charge in [0, 0.05) is 25.7 Å². The fourth-order valence-electron chi connectivity index (χ4n) is 1.58. The highest BCUT2D eigenvalue weighted by Crippen LogP contribution is 2.20. The van der Waals surface area contributed by atoms with Crippen molar-refractivity contribution in [2.45, 2.75) is 12.5 Å². The number of benzene rings is 1. The Morgan fingerprint density at radius 2 is 2.29 bits per heavy atom. The SMILES string of the molecule is Cn1cc(CC(N)c2ccc(Cl)c(F)c2)nn1. The molecule has 0 saturated heterocycles. The molecule has 6 heteroatoms. The molecule has 2 N–H and O–H groups in total. The highest BCUT2D eigenvalue weighted by atomic mass is 35.5. The molecule has 1 unspecified atom stereocenters. The van der Waals surface area contributed by atoms with E-state index in [9.17, 15) is 4.39 Å². The van der Waals surface area contributed by atoms with E-state index in [0.29, 0.717) is 12.0 Å². The summed E-state index contributed by atoms with van der Waals surface area (Å²) in [4.78, 5) is 0. The van der Waals surface area contributed by atoms with Crippen LogP contribution in [0.5, 0.6) is 0 Å². The van der Waals surface area contributed by atoms with Gasteiger partial charge in [0.25, 0.3) is 0 Å². The molecule has 0 aliphatic carbocycles. The molecular weight excluding hydrogens is 243 g/mol. The molecule has 0 fully saturated rings. The summed E-state index contributed by atoms with van der Waals surface area (Å²) in [7, 11) is 1.78. The van der Waals surface area contributed by atoms with Crippen LogP contribution in [0.15, 0.2) is 24.4 Å². The average molecular weight is 255 g/mol. The van der Waals surface area contributed by atoms with E-state index in [1.807, 2.05) is 0 Å². The highest BCUT2D eigenvalue weighted by molar-refractivity contribution is 6.30. The maximum absolute atomic E-state index is 13.3. The topological polar surface area (TPSA) is 56.7 Å². The molecule has 90 valence electrons. The van der Waals surface area contributed by atoms with Crippen molar-refractivity contribution < 1.29 is 4.39 Å². The minimum absolute atomic E-state index is 0.0976. The molecule has 2 rings (SSSR count). The number of hydrogen-bond acceptors (Lipinski definition) is 3. The van der Waals surface area contributed by atoms with Crippen molar-refractivity contribution in [2.75, 3.05) is 0 Å². The summed E-state index contributed by atoms with van der Waals surface area (Å²) in [6.07, 6.45) is 2.29. The van der Waals surface area contributed by atoms with E-state index in [-0.39, 0.29) is 11.1 Å². The maximum Gasteiger partial charge on any atom is 0.142 e. The maximum atomic E-state index is 13.3. The van der Waals surface area contributed by atoms with Gasteiger partial charge in [-0.1, -0.05) is 22.9 Å². The lowest BCUT2D eigenvalue weighted by Gasteiger charge is -2.10. The van der Waals surface area contributed by atoms with Crippen molar-refractivity contribution in [3.05, 3.63) is 46.5 Å². The van der Waals surface area contributed by atoms with Crippen LogP contribution >= 0.6 is 11.6 Å². The summed E-state index contributed by atoms with van der Waals surface area (Å²) < 4.78 is 14.9. The molecule has 0 aliphatic heterocycles. The first-order chi connectivity index (χ1) is 8.06. The smallest absolute Gasteiger partial charge is 0.142 e. The number of halogens is 2. The molecule has 1 heterocycles. The van der Waals surface area contributed by atoms with Gasteiger partial charge in [-0.2, -0.15) is 0 Å². The Morgan fingerprint density at radius 3 is 2.88 bits per heavy atom. The van der Waals surface area contributed by atoms with Crippen LogP contribution in [0.4, 0.5) is 4.39 Å². The van der Waals surface area contributed by atoms with E-state index in [0.717, 1.165) is 5.69 Å². The van der Waals surface area contributed by atoms with Crippen LogP contribution in [0, 0.1) is 5.82 Å². The summed E-state index contributed by atoms with van der Waals surface area (Å²) >= 11 is 5.61. The normalized spacial score (nSPS) is 12.7. The number of aromatic nitrogens is 3. The summed E-state index contributed by atoms with van der Waals surface area (Å²) in [5.41, 5.74) is 7.43. The number of nitrogens with zero attached hydrogens (tertiary/aromatic N) is 3. The lowest BCUT2D eigenvalue weighted by molar-refractivity contribution is 0.618. The van der Waals surface area contributed by atoms with Crippen molar-refractivity contribution in [1.82, 2.24) is 15.0 Å². The Hall–Kier alpha value is -1.46. The second-order valence-corrected chi connectivity index (χ2v) is 4.27. The first-order valence-electron chi connectivity index (χ1n) is 5.12. The van der Waals surface area contributed by atoms with Gasteiger partial charge in [-0.05, 0) is 17.7 Å². The minimum atomic E-state index is -0.459. The summed E-state index contributed by atoms with van der Waals surface area (Å²) in [5, 5.41) is 7.84. The molecule has 0 radical (unpaired) electrons. The Labute approximate surface area is 103 Å². The number of nitrogens with two attached hydrogens (primary N) is 1. The molecule has 1 aromatic carbocycles. The molecule has 1 atom stereocenters. The van der Waals surface area contributed by atoms with Gasteiger partial charge in [0.1, 0.15) is 5.82 Å². The molecular formula is C11H12ClFN4. The zero-order valence-electron chi connectivity index (χ0n) is 9.27. The predicted molar refractivity (Wildman–Crippen MR) is 63.0 cm³/mol. The minimum Gasteiger partial charge on any atom is -0.324 e. The number of hydrogen-bond donors (Lipinski definition) is 1. The summed E-state index contributed by atoms with van der Waals surface area (Å²) in [6, 6.07) is 4.25. The molecule has 2 aromatic rings. The highest BCUT2D eigenvalue weighted by Gasteiger charge is 2.11. The van der Waals surface area contributed by atoms with E-state index in [4.69, 9.17) is 17.3 Å². The molecule has 17 heavy (non-hydrogen) atoms.